The lowest BCUT2D eigenvalue weighted by Crippen LogP contribution is -2.59. The molecule has 0 radical (unpaired) electrons. The maximum atomic E-state index is 13.8. The number of rotatable bonds is 6. The number of carbonyl (C=O) groups is 5. The number of hydrogen-bond donors (Lipinski definition) is 5. The van der Waals surface area contributed by atoms with Crippen molar-refractivity contribution < 1.29 is 33.1 Å². The third-order valence-electron chi connectivity index (χ3n) is 9.13. The standard InChI is InChI=1S/C39H42N6O7/c1-24-34(47)43-32(21-26-9-5-3-6-10-26)36(49)45-39(17-18-39)38(50)40-19-20-51-29-15-13-27(14-16-29)22-31(35(48)41-24)42-33(46)23-30-25(2)52-37(44-30)28-11-7-4-8-12-28/h3-16,24,31-32H,17-23H2,1-2H3,(H,40,50)(H,41,48)(H,42,46)(H,43,47)(H,45,49)/t24-,31-,32+/m0/s1. The van der Waals surface area contributed by atoms with Gasteiger partial charge in [0.1, 0.15) is 41.8 Å². The van der Waals surface area contributed by atoms with Crippen LogP contribution in [-0.4, -0.2) is 71.3 Å². The second kappa shape index (κ2) is 15.9. The molecule has 13 nitrogen and oxygen atoms in total. The van der Waals surface area contributed by atoms with Gasteiger partial charge >= 0.3 is 0 Å². The number of nitrogens with one attached hydrogen (secondary N) is 5. The lowest BCUT2D eigenvalue weighted by Gasteiger charge is -2.25. The van der Waals surface area contributed by atoms with E-state index in [4.69, 9.17) is 9.15 Å². The average molecular weight is 707 g/mol. The third-order valence-corrected chi connectivity index (χ3v) is 9.13. The molecule has 1 spiro atoms. The van der Waals surface area contributed by atoms with E-state index in [1.54, 1.807) is 31.2 Å². The first kappa shape index (κ1) is 35.8. The van der Waals surface area contributed by atoms with Crippen LogP contribution in [0.3, 0.4) is 0 Å². The molecule has 1 fully saturated rings. The fourth-order valence-corrected chi connectivity index (χ4v) is 5.96. The Bertz CT molecular complexity index is 1910. The summed E-state index contributed by atoms with van der Waals surface area (Å²) in [4.78, 5) is 72.0. The summed E-state index contributed by atoms with van der Waals surface area (Å²) in [5, 5.41) is 14.0. The molecule has 3 heterocycles. The van der Waals surface area contributed by atoms with Crippen LogP contribution in [0.4, 0.5) is 0 Å². The van der Waals surface area contributed by atoms with Crippen molar-refractivity contribution in [2.75, 3.05) is 13.2 Å². The maximum Gasteiger partial charge on any atom is 0.245 e. The third kappa shape index (κ3) is 9.02. The molecule has 3 aliphatic rings. The second-order valence-electron chi connectivity index (χ2n) is 13.2. The summed E-state index contributed by atoms with van der Waals surface area (Å²) in [6, 6.07) is 22.4. The van der Waals surface area contributed by atoms with Gasteiger partial charge in [0.05, 0.1) is 18.7 Å². The number of oxazole rings is 1. The SMILES string of the molecule is Cc1oc(-c2ccccc2)nc1CC(=O)N[C@H]1Cc2ccc(cc2)OCCNC(=O)C2(CC2)NC(=O)[C@@H](Cc2ccccc2)NC(=O)[C@H](C)NC1=O. The van der Waals surface area contributed by atoms with Gasteiger partial charge in [-0.25, -0.2) is 4.98 Å². The van der Waals surface area contributed by atoms with Gasteiger partial charge in [-0.1, -0.05) is 60.7 Å². The predicted octanol–water partition coefficient (Wildman–Crippen LogP) is 2.31. The Morgan fingerprint density at radius 1 is 0.885 bits per heavy atom. The van der Waals surface area contributed by atoms with Gasteiger partial charge in [-0.3, -0.25) is 24.0 Å². The van der Waals surface area contributed by atoms with Crippen molar-refractivity contribution in [2.45, 2.75) is 69.6 Å². The first-order valence-corrected chi connectivity index (χ1v) is 17.4. The van der Waals surface area contributed by atoms with Crippen LogP contribution >= 0.6 is 0 Å². The molecule has 0 saturated heterocycles. The molecule has 3 atom stereocenters. The quantitative estimate of drug-likeness (QED) is 0.190. The van der Waals surface area contributed by atoms with Crippen LogP contribution in [0.15, 0.2) is 89.3 Å². The fourth-order valence-electron chi connectivity index (χ4n) is 5.96. The van der Waals surface area contributed by atoms with E-state index in [9.17, 15) is 24.0 Å². The zero-order chi connectivity index (χ0) is 36.7. The number of carbonyl (C=O) groups excluding carboxylic acids is 5. The van der Waals surface area contributed by atoms with Crippen molar-refractivity contribution in [3.05, 3.63) is 108 Å². The second-order valence-corrected chi connectivity index (χ2v) is 13.2. The highest BCUT2D eigenvalue weighted by Crippen LogP contribution is 2.35. The minimum Gasteiger partial charge on any atom is -0.492 e. The summed E-state index contributed by atoms with van der Waals surface area (Å²) < 4.78 is 11.6. The summed E-state index contributed by atoms with van der Waals surface area (Å²) in [5.41, 5.74) is 1.66. The molecular weight excluding hydrogens is 664 g/mol. The summed E-state index contributed by atoms with van der Waals surface area (Å²) in [7, 11) is 0. The number of ether oxygens (including phenoxy) is 1. The molecule has 1 saturated carbocycles. The van der Waals surface area contributed by atoms with Crippen LogP contribution in [0.5, 0.6) is 5.75 Å². The van der Waals surface area contributed by atoms with Gasteiger partial charge < -0.3 is 35.7 Å². The van der Waals surface area contributed by atoms with Gasteiger partial charge in [0, 0.05) is 18.4 Å². The summed E-state index contributed by atoms with van der Waals surface area (Å²) in [6.07, 6.45) is 1.05. The van der Waals surface area contributed by atoms with E-state index in [1.165, 1.54) is 6.92 Å². The molecule has 5 amide bonds. The van der Waals surface area contributed by atoms with E-state index in [1.807, 2.05) is 60.7 Å². The summed E-state index contributed by atoms with van der Waals surface area (Å²) in [6.45, 7) is 3.63. The van der Waals surface area contributed by atoms with Crippen molar-refractivity contribution in [2.24, 2.45) is 0 Å². The van der Waals surface area contributed by atoms with Gasteiger partial charge in [0.25, 0.3) is 0 Å². The number of aryl methyl sites for hydroxylation is 1. The first-order valence-electron chi connectivity index (χ1n) is 17.4. The van der Waals surface area contributed by atoms with Crippen LogP contribution in [0, 0.1) is 6.92 Å². The number of amides is 5. The molecule has 1 aromatic heterocycles. The lowest BCUT2D eigenvalue weighted by molar-refractivity contribution is -0.134. The monoisotopic (exact) mass is 706 g/mol. The molecule has 2 bridgehead atoms. The number of aromatic nitrogens is 1. The van der Waals surface area contributed by atoms with Crippen LogP contribution < -0.4 is 31.3 Å². The summed E-state index contributed by atoms with van der Waals surface area (Å²) in [5.74, 6) is -1.07. The average Bonchev–Trinajstić information content (AvgIpc) is 3.84. The Labute approximate surface area is 301 Å². The van der Waals surface area contributed by atoms with E-state index in [0.717, 1.165) is 16.7 Å². The maximum absolute atomic E-state index is 13.8. The number of nitrogens with zero attached hydrogens (tertiary/aromatic N) is 1. The molecule has 2 aliphatic heterocycles. The lowest BCUT2D eigenvalue weighted by atomic mass is 10.0. The highest BCUT2D eigenvalue weighted by Gasteiger charge is 2.51. The van der Waals surface area contributed by atoms with E-state index < -0.39 is 47.3 Å². The molecule has 3 aromatic carbocycles. The van der Waals surface area contributed by atoms with Gasteiger partial charge in [0.15, 0.2) is 0 Å². The van der Waals surface area contributed by atoms with Crippen LogP contribution in [-0.2, 0) is 43.2 Å². The zero-order valence-corrected chi connectivity index (χ0v) is 29.1. The Morgan fingerprint density at radius 3 is 2.27 bits per heavy atom. The summed E-state index contributed by atoms with van der Waals surface area (Å²) >= 11 is 0. The van der Waals surface area contributed by atoms with E-state index in [2.05, 4.69) is 31.6 Å². The molecule has 5 N–H and O–H groups in total. The molecule has 270 valence electrons. The predicted molar refractivity (Wildman–Crippen MR) is 191 cm³/mol. The first-order chi connectivity index (χ1) is 25.1. The van der Waals surface area contributed by atoms with Crippen molar-refractivity contribution >= 4 is 29.5 Å². The van der Waals surface area contributed by atoms with E-state index in [-0.39, 0.29) is 38.3 Å². The normalized spacial score (nSPS) is 20.8. The number of benzene rings is 3. The smallest absolute Gasteiger partial charge is 0.245 e. The molecule has 52 heavy (non-hydrogen) atoms. The van der Waals surface area contributed by atoms with Crippen molar-refractivity contribution in [1.29, 1.82) is 0 Å². The van der Waals surface area contributed by atoms with Crippen LogP contribution in [0.25, 0.3) is 11.5 Å². The largest absolute Gasteiger partial charge is 0.492 e. The van der Waals surface area contributed by atoms with Crippen molar-refractivity contribution in [3.63, 3.8) is 0 Å². The topological polar surface area (TPSA) is 181 Å². The molecule has 1 aliphatic carbocycles. The van der Waals surface area contributed by atoms with E-state index in [0.29, 0.717) is 35.9 Å². The minimum absolute atomic E-state index is 0.108. The number of hydrogen-bond acceptors (Lipinski definition) is 8. The van der Waals surface area contributed by atoms with Crippen molar-refractivity contribution in [3.8, 4) is 17.2 Å². The highest BCUT2D eigenvalue weighted by atomic mass is 16.5. The Kier molecular flexibility index (Phi) is 11.0. The number of fused-ring (bicyclic) bond motifs is 15. The highest BCUT2D eigenvalue weighted by molar-refractivity contribution is 5.98. The van der Waals surface area contributed by atoms with Crippen molar-refractivity contribution in [1.82, 2.24) is 31.6 Å². The molecule has 0 unspecified atom stereocenters. The van der Waals surface area contributed by atoms with Gasteiger partial charge in [-0.15, -0.1) is 0 Å². The van der Waals surface area contributed by atoms with Crippen LogP contribution in [0.2, 0.25) is 0 Å². The van der Waals surface area contributed by atoms with Gasteiger partial charge in [0.2, 0.25) is 35.4 Å². The Balaban J connectivity index is 1.21. The molecule has 13 heteroatoms. The molecular formula is C39H42N6O7. The van der Waals surface area contributed by atoms with Gasteiger partial charge in [-0.05, 0) is 62.1 Å². The zero-order valence-electron chi connectivity index (χ0n) is 29.1. The molecule has 4 aromatic rings. The fraction of sp³-hybridized carbons (Fsp3) is 0.333. The minimum atomic E-state index is -1.08. The van der Waals surface area contributed by atoms with E-state index >= 15 is 0 Å². The van der Waals surface area contributed by atoms with Gasteiger partial charge in [-0.2, -0.15) is 0 Å². The Hall–Kier alpha value is -5.98. The van der Waals surface area contributed by atoms with Crippen LogP contribution in [0.1, 0.15) is 42.3 Å². The Morgan fingerprint density at radius 2 is 1.58 bits per heavy atom. The molecule has 7 rings (SSSR count).